The van der Waals surface area contributed by atoms with Gasteiger partial charge in [0.15, 0.2) is 0 Å². The lowest BCUT2D eigenvalue weighted by Gasteiger charge is -2.19. The fraction of sp³-hybridized carbons (Fsp3) is 1.00. The van der Waals surface area contributed by atoms with E-state index in [-0.39, 0.29) is 0 Å². The van der Waals surface area contributed by atoms with Crippen molar-refractivity contribution in [3.8, 4) is 0 Å². The van der Waals surface area contributed by atoms with Crippen molar-refractivity contribution < 1.29 is 4.74 Å². The van der Waals surface area contributed by atoms with Crippen molar-refractivity contribution in [2.75, 3.05) is 60.5 Å². The van der Waals surface area contributed by atoms with E-state index in [9.17, 15) is 0 Å². The van der Waals surface area contributed by atoms with Gasteiger partial charge in [-0.15, -0.1) is 0 Å². The Hall–Kier alpha value is -0.160. The van der Waals surface area contributed by atoms with Gasteiger partial charge in [-0.3, -0.25) is 0 Å². The summed E-state index contributed by atoms with van der Waals surface area (Å²) >= 11 is 0. The molecule has 0 radical (unpaired) electrons. The summed E-state index contributed by atoms with van der Waals surface area (Å²) in [7, 11) is 6.40. The van der Waals surface area contributed by atoms with E-state index in [0.29, 0.717) is 6.10 Å². The molecule has 0 unspecified atom stereocenters. The first kappa shape index (κ1) is 16.8. The predicted octanol–water partition coefficient (Wildman–Crippen LogP) is 0.885. The quantitative estimate of drug-likeness (QED) is 0.547. The Morgan fingerprint density at radius 3 is 2.29 bits per heavy atom. The monoisotopic (exact) mass is 245 g/mol. The zero-order chi connectivity index (χ0) is 13.1. The number of hydrogen-bond donors (Lipinski definition) is 1. The lowest BCUT2D eigenvalue weighted by atomic mass is 10.4. The Kier molecular flexibility index (Phi) is 10.9. The largest absolute Gasteiger partial charge is 0.379 e. The molecule has 0 aromatic carbocycles. The highest BCUT2D eigenvalue weighted by Gasteiger charge is 1.98. The lowest BCUT2D eigenvalue weighted by Crippen LogP contribution is -2.34. The Bertz CT molecular complexity index is 163. The molecular weight excluding hydrogens is 214 g/mol. The molecule has 4 heteroatoms. The van der Waals surface area contributed by atoms with Gasteiger partial charge in [-0.25, -0.2) is 0 Å². The summed E-state index contributed by atoms with van der Waals surface area (Å²) in [5.74, 6) is 0. The molecule has 0 bridgehead atoms. The molecule has 0 heterocycles. The first-order valence-corrected chi connectivity index (χ1v) is 6.68. The van der Waals surface area contributed by atoms with E-state index in [4.69, 9.17) is 4.74 Å². The van der Waals surface area contributed by atoms with Gasteiger partial charge in [0.05, 0.1) is 6.10 Å². The maximum Gasteiger partial charge on any atom is 0.0518 e. The SMILES string of the molecule is CC(C)OCCCNCCN(C)CCN(C)C. The number of hydrogen-bond acceptors (Lipinski definition) is 4. The second-order valence-corrected chi connectivity index (χ2v) is 5.13. The normalized spacial score (nSPS) is 12.0. The van der Waals surface area contributed by atoms with Gasteiger partial charge in [0, 0.05) is 32.8 Å². The van der Waals surface area contributed by atoms with Crippen LogP contribution in [0.1, 0.15) is 20.3 Å². The molecule has 17 heavy (non-hydrogen) atoms. The Balaban J connectivity index is 3.16. The highest BCUT2D eigenvalue weighted by molar-refractivity contribution is 4.57. The van der Waals surface area contributed by atoms with Crippen LogP contribution in [0.5, 0.6) is 0 Å². The zero-order valence-corrected chi connectivity index (χ0v) is 12.3. The first-order chi connectivity index (χ1) is 8.02. The van der Waals surface area contributed by atoms with Crippen LogP contribution < -0.4 is 5.32 Å². The van der Waals surface area contributed by atoms with E-state index in [0.717, 1.165) is 45.8 Å². The highest BCUT2D eigenvalue weighted by atomic mass is 16.5. The number of nitrogens with zero attached hydrogens (tertiary/aromatic N) is 2. The molecule has 104 valence electrons. The average molecular weight is 245 g/mol. The molecule has 0 saturated heterocycles. The highest BCUT2D eigenvalue weighted by Crippen LogP contribution is 1.89. The predicted molar refractivity (Wildman–Crippen MR) is 74.6 cm³/mol. The summed E-state index contributed by atoms with van der Waals surface area (Å²) in [5, 5.41) is 3.44. The van der Waals surface area contributed by atoms with Crippen molar-refractivity contribution in [1.29, 1.82) is 0 Å². The smallest absolute Gasteiger partial charge is 0.0518 e. The minimum absolute atomic E-state index is 0.354. The summed E-state index contributed by atoms with van der Waals surface area (Å²) < 4.78 is 5.48. The number of likely N-dealkylation sites (N-methyl/N-ethyl adjacent to an activating group) is 2. The minimum atomic E-state index is 0.354. The van der Waals surface area contributed by atoms with E-state index >= 15 is 0 Å². The summed E-state index contributed by atoms with van der Waals surface area (Å²) in [6, 6.07) is 0. The number of nitrogens with one attached hydrogen (secondary N) is 1. The molecular formula is C13H31N3O. The zero-order valence-electron chi connectivity index (χ0n) is 12.3. The fourth-order valence-electron chi connectivity index (χ4n) is 1.39. The van der Waals surface area contributed by atoms with Crippen LogP contribution in [0.25, 0.3) is 0 Å². The number of ether oxygens (including phenoxy) is 1. The maximum absolute atomic E-state index is 5.48. The second-order valence-electron chi connectivity index (χ2n) is 5.13. The number of rotatable bonds is 11. The molecule has 0 rings (SSSR count). The standard InChI is InChI=1S/C13H31N3O/c1-13(2)17-12-6-7-14-8-9-16(5)11-10-15(3)4/h13-14H,6-12H2,1-5H3. The summed E-state index contributed by atoms with van der Waals surface area (Å²) in [4.78, 5) is 4.57. The van der Waals surface area contributed by atoms with Crippen molar-refractivity contribution in [3.63, 3.8) is 0 Å². The van der Waals surface area contributed by atoms with E-state index in [1.54, 1.807) is 0 Å². The van der Waals surface area contributed by atoms with Crippen LogP contribution in [0.15, 0.2) is 0 Å². The molecule has 0 amide bonds. The topological polar surface area (TPSA) is 27.7 Å². The molecule has 4 nitrogen and oxygen atoms in total. The van der Waals surface area contributed by atoms with Crippen LogP contribution in [0.2, 0.25) is 0 Å². The molecule has 0 aromatic rings. The van der Waals surface area contributed by atoms with E-state index in [2.05, 4.69) is 50.1 Å². The molecule has 0 atom stereocenters. The first-order valence-electron chi connectivity index (χ1n) is 6.68. The van der Waals surface area contributed by atoms with Crippen LogP contribution in [-0.2, 0) is 4.74 Å². The lowest BCUT2D eigenvalue weighted by molar-refractivity contribution is 0.0770. The van der Waals surface area contributed by atoms with E-state index < -0.39 is 0 Å². The van der Waals surface area contributed by atoms with Gasteiger partial charge in [0.1, 0.15) is 0 Å². The van der Waals surface area contributed by atoms with Gasteiger partial charge in [-0.2, -0.15) is 0 Å². The van der Waals surface area contributed by atoms with Gasteiger partial charge < -0.3 is 19.9 Å². The van der Waals surface area contributed by atoms with Crippen LogP contribution >= 0.6 is 0 Å². The van der Waals surface area contributed by atoms with Gasteiger partial charge in [-0.1, -0.05) is 0 Å². The van der Waals surface area contributed by atoms with Crippen molar-refractivity contribution in [1.82, 2.24) is 15.1 Å². The van der Waals surface area contributed by atoms with Crippen molar-refractivity contribution in [2.24, 2.45) is 0 Å². The van der Waals surface area contributed by atoms with Gasteiger partial charge in [-0.05, 0) is 48.0 Å². The van der Waals surface area contributed by atoms with Crippen molar-refractivity contribution in [2.45, 2.75) is 26.4 Å². The van der Waals surface area contributed by atoms with E-state index in [1.165, 1.54) is 0 Å². The van der Waals surface area contributed by atoms with E-state index in [1.807, 2.05) is 0 Å². The van der Waals surface area contributed by atoms with Gasteiger partial charge in [0.25, 0.3) is 0 Å². The molecule has 0 spiro atoms. The van der Waals surface area contributed by atoms with Crippen molar-refractivity contribution >= 4 is 0 Å². The maximum atomic E-state index is 5.48. The van der Waals surface area contributed by atoms with Crippen LogP contribution in [0.4, 0.5) is 0 Å². The summed E-state index contributed by atoms with van der Waals surface area (Å²) in [6.45, 7) is 10.5. The molecule has 0 fully saturated rings. The molecule has 1 N–H and O–H groups in total. The van der Waals surface area contributed by atoms with Gasteiger partial charge in [0.2, 0.25) is 0 Å². The minimum Gasteiger partial charge on any atom is -0.379 e. The second kappa shape index (κ2) is 11.0. The third kappa shape index (κ3) is 13.8. The molecule has 0 saturated carbocycles. The summed E-state index contributed by atoms with van der Waals surface area (Å²) in [6.07, 6.45) is 1.45. The molecule has 0 aliphatic rings. The Morgan fingerprint density at radius 1 is 1.00 bits per heavy atom. The molecule has 0 aliphatic heterocycles. The average Bonchev–Trinajstić information content (AvgIpc) is 2.24. The van der Waals surface area contributed by atoms with Crippen LogP contribution in [0.3, 0.4) is 0 Å². The van der Waals surface area contributed by atoms with Crippen LogP contribution in [-0.4, -0.2) is 76.4 Å². The van der Waals surface area contributed by atoms with Crippen LogP contribution in [0, 0.1) is 0 Å². The fourth-order valence-corrected chi connectivity index (χ4v) is 1.39. The third-order valence-corrected chi connectivity index (χ3v) is 2.55. The molecule has 0 aromatic heterocycles. The van der Waals surface area contributed by atoms with Gasteiger partial charge >= 0.3 is 0 Å². The Morgan fingerprint density at radius 2 is 1.71 bits per heavy atom. The summed E-state index contributed by atoms with van der Waals surface area (Å²) in [5.41, 5.74) is 0. The Labute approximate surface area is 107 Å². The third-order valence-electron chi connectivity index (χ3n) is 2.55. The van der Waals surface area contributed by atoms with Crippen molar-refractivity contribution in [3.05, 3.63) is 0 Å². The molecule has 0 aliphatic carbocycles.